The smallest absolute Gasteiger partial charge is 0.262 e. The average molecular weight is 376 g/mol. The van der Waals surface area contributed by atoms with E-state index in [2.05, 4.69) is 9.97 Å². The lowest BCUT2D eigenvalue weighted by molar-refractivity contribution is 0.0952. The summed E-state index contributed by atoms with van der Waals surface area (Å²) in [6.45, 7) is 4.01. The predicted octanol–water partition coefficient (Wildman–Crippen LogP) is 2.62. The summed E-state index contributed by atoms with van der Waals surface area (Å²) in [4.78, 5) is 8.23. The van der Waals surface area contributed by atoms with E-state index in [0.717, 1.165) is 18.6 Å². The number of pyridine rings is 1. The molecule has 0 spiro atoms. The lowest BCUT2D eigenvalue weighted by atomic mass is 10.0. The van der Waals surface area contributed by atoms with Crippen LogP contribution in [-0.2, 0) is 10.0 Å². The van der Waals surface area contributed by atoms with Crippen molar-refractivity contribution in [2.24, 2.45) is 0 Å². The highest BCUT2D eigenvalue weighted by Crippen LogP contribution is 2.40. The molecule has 2 bridgehead atoms. The second-order valence-corrected chi connectivity index (χ2v) is 9.16. The van der Waals surface area contributed by atoms with Crippen molar-refractivity contribution in [3.05, 3.63) is 37.1 Å². The molecule has 2 unspecified atom stereocenters. The number of sulfonamides is 1. The number of imidazole rings is 1. The second-order valence-electron chi connectivity index (χ2n) is 7.37. The third-order valence-corrected chi connectivity index (χ3v) is 7.17. The van der Waals surface area contributed by atoms with E-state index in [1.54, 1.807) is 29.2 Å². The number of hydrogen-bond donors (Lipinski definition) is 0. The predicted molar refractivity (Wildman–Crippen MR) is 96.3 cm³/mol. The van der Waals surface area contributed by atoms with Crippen molar-refractivity contribution in [2.75, 3.05) is 0 Å². The fourth-order valence-corrected chi connectivity index (χ4v) is 5.84. The summed E-state index contributed by atoms with van der Waals surface area (Å²) in [5.41, 5.74) is 0. The van der Waals surface area contributed by atoms with Gasteiger partial charge in [0, 0.05) is 43.4 Å². The lowest BCUT2D eigenvalue weighted by Crippen LogP contribution is -2.49. The fraction of sp³-hybridized carbons (Fsp3) is 0.556. The maximum Gasteiger partial charge on any atom is 0.262 e. The lowest BCUT2D eigenvalue weighted by Gasteiger charge is -2.37. The molecule has 0 aromatic carbocycles. The minimum Gasteiger partial charge on any atom is -0.489 e. The first-order valence-electron chi connectivity index (χ1n) is 9.09. The van der Waals surface area contributed by atoms with Crippen LogP contribution in [0.15, 0.2) is 42.1 Å². The Morgan fingerprint density at radius 2 is 1.96 bits per heavy atom. The van der Waals surface area contributed by atoms with Crippen LogP contribution in [0.5, 0.6) is 5.75 Å². The van der Waals surface area contributed by atoms with Crippen LogP contribution in [-0.4, -0.2) is 45.4 Å². The zero-order valence-electron chi connectivity index (χ0n) is 15.0. The number of aromatic nitrogens is 3. The van der Waals surface area contributed by atoms with E-state index in [4.69, 9.17) is 4.74 Å². The Morgan fingerprint density at radius 1 is 1.23 bits per heavy atom. The molecule has 140 valence electrons. The molecule has 2 aromatic heterocycles. The molecule has 2 aromatic rings. The van der Waals surface area contributed by atoms with Crippen LogP contribution in [0.25, 0.3) is 0 Å². The first kappa shape index (κ1) is 17.5. The molecule has 0 N–H and O–H groups in total. The molecular formula is C18H24N4O3S. The van der Waals surface area contributed by atoms with Gasteiger partial charge in [-0.15, -0.1) is 0 Å². The zero-order valence-corrected chi connectivity index (χ0v) is 15.8. The quantitative estimate of drug-likeness (QED) is 0.802. The molecular weight excluding hydrogens is 352 g/mol. The maximum absolute atomic E-state index is 13.1. The molecule has 4 heterocycles. The van der Waals surface area contributed by atoms with E-state index in [1.165, 1.54) is 0 Å². The molecule has 0 aliphatic carbocycles. The summed E-state index contributed by atoms with van der Waals surface area (Å²) in [5, 5.41) is 0.148. The van der Waals surface area contributed by atoms with Gasteiger partial charge in [0.1, 0.15) is 11.9 Å². The van der Waals surface area contributed by atoms with Crippen molar-refractivity contribution in [3.63, 3.8) is 0 Å². The van der Waals surface area contributed by atoms with Gasteiger partial charge >= 0.3 is 0 Å². The SMILES string of the molecule is CC(C)n1cnc(S(=O)(=O)N2C3CCC2CC(Oc2cccnc2)C3)c1. The van der Waals surface area contributed by atoms with Crippen molar-refractivity contribution < 1.29 is 13.2 Å². The Bertz CT molecular complexity index is 852. The van der Waals surface area contributed by atoms with Gasteiger partial charge < -0.3 is 9.30 Å². The Kier molecular flexibility index (Phi) is 4.48. The molecule has 2 atom stereocenters. The third kappa shape index (κ3) is 3.12. The average Bonchev–Trinajstić information content (AvgIpc) is 3.21. The number of nitrogens with zero attached hydrogens (tertiary/aromatic N) is 4. The Morgan fingerprint density at radius 3 is 2.54 bits per heavy atom. The number of piperidine rings is 1. The van der Waals surface area contributed by atoms with Crippen molar-refractivity contribution in [3.8, 4) is 5.75 Å². The minimum absolute atomic E-state index is 0.0235. The van der Waals surface area contributed by atoms with E-state index in [9.17, 15) is 8.42 Å². The van der Waals surface area contributed by atoms with Crippen LogP contribution < -0.4 is 4.74 Å². The highest BCUT2D eigenvalue weighted by Gasteiger charge is 2.48. The summed E-state index contributed by atoms with van der Waals surface area (Å²) in [5.74, 6) is 0.740. The topological polar surface area (TPSA) is 77.3 Å². The number of hydrogen-bond acceptors (Lipinski definition) is 5. The first-order valence-corrected chi connectivity index (χ1v) is 10.5. The van der Waals surface area contributed by atoms with E-state index < -0.39 is 10.0 Å². The summed E-state index contributed by atoms with van der Waals surface area (Å²) >= 11 is 0. The highest BCUT2D eigenvalue weighted by atomic mass is 32.2. The van der Waals surface area contributed by atoms with Crippen molar-refractivity contribution >= 4 is 10.0 Å². The molecule has 2 aliphatic rings. The van der Waals surface area contributed by atoms with E-state index in [1.807, 2.05) is 30.5 Å². The normalized spacial score (nSPS) is 26.3. The van der Waals surface area contributed by atoms with Crippen LogP contribution in [0.4, 0.5) is 0 Å². The van der Waals surface area contributed by atoms with Gasteiger partial charge in [-0.25, -0.2) is 13.4 Å². The molecule has 0 radical (unpaired) electrons. The molecule has 2 aliphatic heterocycles. The Hall–Kier alpha value is -1.93. The summed E-state index contributed by atoms with van der Waals surface area (Å²) in [6.07, 6.45) is 9.83. The van der Waals surface area contributed by atoms with Crippen LogP contribution >= 0.6 is 0 Å². The molecule has 26 heavy (non-hydrogen) atoms. The van der Waals surface area contributed by atoms with Gasteiger partial charge in [-0.1, -0.05) is 0 Å². The standard InChI is InChI=1S/C18H24N4O3S/c1-13(2)21-11-18(20-12-21)26(23,24)22-14-5-6-15(22)9-17(8-14)25-16-4-3-7-19-10-16/h3-4,7,10-15,17H,5-6,8-9H2,1-2H3. The molecule has 2 saturated heterocycles. The van der Waals surface area contributed by atoms with Gasteiger partial charge in [-0.2, -0.15) is 4.31 Å². The van der Waals surface area contributed by atoms with Crippen molar-refractivity contribution in [1.82, 2.24) is 18.8 Å². The summed E-state index contributed by atoms with van der Waals surface area (Å²) in [6, 6.07) is 3.86. The van der Waals surface area contributed by atoms with Crippen LogP contribution in [0.2, 0.25) is 0 Å². The van der Waals surface area contributed by atoms with Gasteiger partial charge in [-0.05, 0) is 38.8 Å². The van der Waals surface area contributed by atoms with Crippen LogP contribution in [0, 0.1) is 0 Å². The van der Waals surface area contributed by atoms with Crippen molar-refractivity contribution in [1.29, 1.82) is 0 Å². The first-order chi connectivity index (χ1) is 12.4. The van der Waals surface area contributed by atoms with Crippen molar-refractivity contribution in [2.45, 2.75) is 68.8 Å². The summed E-state index contributed by atoms with van der Waals surface area (Å²) < 4.78 is 35.8. The highest BCUT2D eigenvalue weighted by molar-refractivity contribution is 7.89. The van der Waals surface area contributed by atoms with E-state index >= 15 is 0 Å². The van der Waals surface area contributed by atoms with Gasteiger partial charge in [0.2, 0.25) is 0 Å². The van der Waals surface area contributed by atoms with Gasteiger partial charge in [0.05, 0.1) is 12.5 Å². The Balaban J connectivity index is 1.52. The number of rotatable bonds is 5. The molecule has 0 amide bonds. The maximum atomic E-state index is 13.1. The molecule has 8 heteroatoms. The molecule has 2 fully saturated rings. The van der Waals surface area contributed by atoms with Crippen LogP contribution in [0.1, 0.15) is 45.6 Å². The third-order valence-electron chi connectivity index (χ3n) is 5.28. The van der Waals surface area contributed by atoms with Gasteiger partial charge in [0.25, 0.3) is 10.0 Å². The zero-order chi connectivity index (χ0) is 18.3. The number of ether oxygens (including phenoxy) is 1. The Labute approximate surface area is 154 Å². The fourth-order valence-electron chi connectivity index (χ4n) is 4.02. The van der Waals surface area contributed by atoms with E-state index in [0.29, 0.717) is 12.8 Å². The number of fused-ring (bicyclic) bond motifs is 2. The van der Waals surface area contributed by atoms with E-state index in [-0.39, 0.29) is 29.3 Å². The van der Waals surface area contributed by atoms with Crippen LogP contribution in [0.3, 0.4) is 0 Å². The monoisotopic (exact) mass is 376 g/mol. The minimum atomic E-state index is -3.57. The second kappa shape index (κ2) is 6.66. The molecule has 4 rings (SSSR count). The molecule has 0 saturated carbocycles. The summed E-state index contributed by atoms with van der Waals surface area (Å²) in [7, 11) is -3.57. The molecule has 7 nitrogen and oxygen atoms in total. The van der Waals surface area contributed by atoms with Gasteiger partial charge in [0.15, 0.2) is 5.03 Å². The van der Waals surface area contributed by atoms with Gasteiger partial charge in [-0.3, -0.25) is 4.98 Å². The largest absolute Gasteiger partial charge is 0.489 e.